The molecule has 0 bridgehead atoms. The molecule has 1 unspecified atom stereocenters. The molecular weight excluding hydrogens is 498 g/mol. The van der Waals surface area contributed by atoms with Crippen LogP contribution in [0.5, 0.6) is 5.75 Å². The molecule has 5 nitrogen and oxygen atoms in total. The van der Waals surface area contributed by atoms with Gasteiger partial charge in [0.1, 0.15) is 18.1 Å². The molecule has 202 valence electrons. The third-order valence-electron chi connectivity index (χ3n) is 7.33. The van der Waals surface area contributed by atoms with E-state index in [0.717, 1.165) is 27.8 Å². The normalized spacial score (nSPS) is 16.5. The van der Waals surface area contributed by atoms with Gasteiger partial charge < -0.3 is 9.84 Å². The number of hydrogen-bond donors (Lipinski definition) is 1. The van der Waals surface area contributed by atoms with Crippen molar-refractivity contribution in [3.8, 4) is 5.75 Å². The first-order chi connectivity index (χ1) is 19.2. The third-order valence-corrected chi connectivity index (χ3v) is 7.33. The molecule has 1 heterocycles. The van der Waals surface area contributed by atoms with E-state index in [1.165, 1.54) is 4.90 Å². The molecule has 1 N–H and O–H groups in total. The number of hydrogen-bond acceptors (Lipinski definition) is 4. The first kappa shape index (κ1) is 26.9. The van der Waals surface area contributed by atoms with Crippen molar-refractivity contribution in [2.45, 2.75) is 46.3 Å². The van der Waals surface area contributed by atoms with Crippen molar-refractivity contribution in [3.63, 3.8) is 0 Å². The smallest absolute Gasteiger partial charge is 0.300 e. The van der Waals surface area contributed by atoms with Crippen LogP contribution in [0, 0.1) is 13.8 Å². The highest BCUT2D eigenvalue weighted by molar-refractivity contribution is 6.51. The second kappa shape index (κ2) is 11.2. The zero-order valence-electron chi connectivity index (χ0n) is 23.2. The maximum atomic E-state index is 13.5. The minimum absolute atomic E-state index is 0.0703. The van der Waals surface area contributed by atoms with E-state index in [-0.39, 0.29) is 11.3 Å². The Morgan fingerprint density at radius 1 is 0.875 bits per heavy atom. The molecule has 40 heavy (non-hydrogen) atoms. The highest BCUT2D eigenvalue weighted by Gasteiger charge is 2.47. The van der Waals surface area contributed by atoms with Crippen LogP contribution in [-0.2, 0) is 16.2 Å². The zero-order valence-corrected chi connectivity index (χ0v) is 23.2. The number of anilines is 1. The summed E-state index contributed by atoms with van der Waals surface area (Å²) in [4.78, 5) is 28.5. The molecule has 1 fully saturated rings. The number of ketones is 1. The van der Waals surface area contributed by atoms with Gasteiger partial charge in [-0.25, -0.2) is 0 Å². The lowest BCUT2D eigenvalue weighted by Crippen LogP contribution is -2.29. The van der Waals surface area contributed by atoms with Gasteiger partial charge in [-0.2, -0.15) is 0 Å². The summed E-state index contributed by atoms with van der Waals surface area (Å²) in [6.45, 7) is 8.48. The quantitative estimate of drug-likeness (QED) is 0.151. The van der Waals surface area contributed by atoms with Gasteiger partial charge in [-0.15, -0.1) is 0 Å². The Morgan fingerprint density at radius 2 is 1.60 bits per heavy atom. The topological polar surface area (TPSA) is 66.8 Å². The van der Waals surface area contributed by atoms with E-state index in [0.29, 0.717) is 29.5 Å². The predicted molar refractivity (Wildman–Crippen MR) is 158 cm³/mol. The van der Waals surface area contributed by atoms with E-state index in [2.05, 4.69) is 13.8 Å². The van der Waals surface area contributed by atoms with Crippen LogP contribution in [0.2, 0.25) is 0 Å². The summed E-state index contributed by atoms with van der Waals surface area (Å²) in [5, 5.41) is 11.6. The van der Waals surface area contributed by atoms with Crippen molar-refractivity contribution in [3.05, 3.63) is 136 Å². The summed E-state index contributed by atoms with van der Waals surface area (Å²) in [5.41, 5.74) is 5.88. The molecule has 4 aromatic carbocycles. The van der Waals surface area contributed by atoms with Gasteiger partial charge in [-0.1, -0.05) is 86.1 Å². The molecule has 1 atom stereocenters. The monoisotopic (exact) mass is 531 g/mol. The van der Waals surface area contributed by atoms with Crippen molar-refractivity contribution in [1.29, 1.82) is 0 Å². The van der Waals surface area contributed by atoms with Crippen LogP contribution in [-0.4, -0.2) is 16.8 Å². The lowest BCUT2D eigenvalue weighted by Gasteiger charge is -2.26. The summed E-state index contributed by atoms with van der Waals surface area (Å²) in [7, 11) is 0. The molecule has 0 radical (unpaired) electrons. The highest BCUT2D eigenvalue weighted by atomic mass is 16.5. The summed E-state index contributed by atoms with van der Waals surface area (Å²) in [6, 6.07) is 29.8. The summed E-state index contributed by atoms with van der Waals surface area (Å²) < 4.78 is 6.00. The van der Waals surface area contributed by atoms with E-state index in [4.69, 9.17) is 4.74 Å². The number of Topliss-reactive ketones (excluding diaryl/α,β-unsaturated/α-hetero) is 1. The lowest BCUT2D eigenvalue weighted by atomic mass is 9.93. The number of nitrogens with zero attached hydrogens (tertiary/aromatic N) is 1. The molecule has 5 rings (SSSR count). The van der Waals surface area contributed by atoms with Crippen LogP contribution in [0.25, 0.3) is 5.76 Å². The molecule has 4 aromatic rings. The number of aliphatic hydroxyl groups is 1. The van der Waals surface area contributed by atoms with Gasteiger partial charge in [-0.3, -0.25) is 14.5 Å². The minimum atomic E-state index is -0.765. The largest absolute Gasteiger partial charge is 0.507 e. The van der Waals surface area contributed by atoms with Crippen molar-refractivity contribution >= 4 is 23.1 Å². The predicted octanol–water partition coefficient (Wildman–Crippen LogP) is 7.63. The van der Waals surface area contributed by atoms with Gasteiger partial charge in [0.05, 0.1) is 11.6 Å². The standard InChI is InChI=1S/C35H33NO4/c1-22(2)26-13-16-29(17-14-26)36-32(27-12-8-9-23(3)19-27)31(34(38)35(36)39)33(37)28-15-18-30(24(4)20-28)40-21-25-10-6-5-7-11-25/h5-20,22,32,37H,21H2,1-4H3/b33-31-. The Bertz CT molecular complexity index is 1590. The average molecular weight is 532 g/mol. The maximum absolute atomic E-state index is 13.5. The van der Waals surface area contributed by atoms with Gasteiger partial charge in [0.25, 0.3) is 11.7 Å². The molecule has 1 aliphatic heterocycles. The number of aryl methyl sites for hydroxylation is 2. The fourth-order valence-electron chi connectivity index (χ4n) is 5.12. The number of ether oxygens (including phenoxy) is 1. The van der Waals surface area contributed by atoms with Crippen LogP contribution in [0.3, 0.4) is 0 Å². The number of aliphatic hydroxyl groups excluding tert-OH is 1. The molecule has 0 aromatic heterocycles. The van der Waals surface area contributed by atoms with E-state index < -0.39 is 17.7 Å². The molecule has 0 spiro atoms. The van der Waals surface area contributed by atoms with Gasteiger partial charge in [0.2, 0.25) is 0 Å². The lowest BCUT2D eigenvalue weighted by molar-refractivity contribution is -0.132. The summed E-state index contributed by atoms with van der Waals surface area (Å²) in [5.74, 6) is -0.561. The third kappa shape index (κ3) is 5.28. The van der Waals surface area contributed by atoms with Crippen LogP contribution >= 0.6 is 0 Å². The second-order valence-corrected chi connectivity index (χ2v) is 10.6. The van der Waals surface area contributed by atoms with Gasteiger partial charge in [0, 0.05) is 11.3 Å². The summed E-state index contributed by atoms with van der Waals surface area (Å²) >= 11 is 0. The first-order valence-corrected chi connectivity index (χ1v) is 13.5. The van der Waals surface area contributed by atoms with Gasteiger partial charge in [-0.05, 0) is 72.4 Å². The van der Waals surface area contributed by atoms with Crippen LogP contribution < -0.4 is 9.64 Å². The fraction of sp³-hybridized carbons (Fsp3) is 0.200. The average Bonchev–Trinajstić information content (AvgIpc) is 3.22. The Morgan fingerprint density at radius 3 is 2.25 bits per heavy atom. The molecule has 0 aliphatic carbocycles. The number of benzene rings is 4. The Kier molecular flexibility index (Phi) is 7.56. The minimum Gasteiger partial charge on any atom is -0.507 e. The molecule has 1 amide bonds. The van der Waals surface area contributed by atoms with Crippen LogP contribution in [0.15, 0.2) is 103 Å². The summed E-state index contributed by atoms with van der Waals surface area (Å²) in [6.07, 6.45) is 0. The first-order valence-electron chi connectivity index (χ1n) is 13.5. The van der Waals surface area contributed by atoms with Gasteiger partial charge >= 0.3 is 0 Å². The van der Waals surface area contributed by atoms with Crippen molar-refractivity contribution in [2.75, 3.05) is 4.90 Å². The van der Waals surface area contributed by atoms with E-state index >= 15 is 0 Å². The zero-order chi connectivity index (χ0) is 28.4. The van der Waals surface area contributed by atoms with Crippen LogP contribution in [0.1, 0.15) is 59.2 Å². The Balaban J connectivity index is 1.55. The Labute approximate surface area is 235 Å². The van der Waals surface area contributed by atoms with Crippen LogP contribution in [0.4, 0.5) is 5.69 Å². The van der Waals surface area contributed by atoms with E-state index in [9.17, 15) is 14.7 Å². The van der Waals surface area contributed by atoms with E-state index in [1.54, 1.807) is 18.2 Å². The van der Waals surface area contributed by atoms with Crippen molar-refractivity contribution < 1.29 is 19.4 Å². The second-order valence-electron chi connectivity index (χ2n) is 10.6. The number of amides is 1. The molecule has 1 saturated heterocycles. The Hall–Kier alpha value is -4.64. The molecule has 0 saturated carbocycles. The number of carbonyl (C=O) groups excluding carboxylic acids is 2. The molecular formula is C35H33NO4. The number of rotatable bonds is 7. The number of carbonyl (C=O) groups is 2. The highest BCUT2D eigenvalue weighted by Crippen LogP contribution is 2.43. The molecule has 1 aliphatic rings. The SMILES string of the molecule is Cc1cccc(C2/C(=C(/O)c3ccc(OCc4ccccc4)c(C)c3)C(=O)C(=O)N2c2ccc(C(C)C)cc2)c1. The van der Waals surface area contributed by atoms with Gasteiger partial charge in [0.15, 0.2) is 0 Å². The van der Waals surface area contributed by atoms with Crippen molar-refractivity contribution in [2.24, 2.45) is 0 Å². The van der Waals surface area contributed by atoms with E-state index in [1.807, 2.05) is 92.7 Å². The van der Waals surface area contributed by atoms with Crippen molar-refractivity contribution in [1.82, 2.24) is 0 Å². The fourth-order valence-corrected chi connectivity index (χ4v) is 5.12. The maximum Gasteiger partial charge on any atom is 0.300 e. The molecule has 5 heteroatoms.